The number of hydrogen-bond acceptors (Lipinski definition) is 4. The Morgan fingerprint density at radius 2 is 2.14 bits per heavy atom. The highest BCUT2D eigenvalue weighted by Crippen LogP contribution is 2.29. The van der Waals surface area contributed by atoms with Gasteiger partial charge < -0.3 is 20.3 Å². The van der Waals surface area contributed by atoms with E-state index in [1.807, 2.05) is 25.1 Å². The fourth-order valence-corrected chi connectivity index (χ4v) is 2.58. The minimum absolute atomic E-state index is 0.00273. The molecule has 6 heteroatoms. The number of primary amides is 1. The van der Waals surface area contributed by atoms with E-state index in [0.29, 0.717) is 13.0 Å². The van der Waals surface area contributed by atoms with Crippen LogP contribution >= 0.6 is 0 Å². The minimum atomic E-state index is -0.446. The van der Waals surface area contributed by atoms with E-state index in [9.17, 15) is 9.59 Å². The van der Waals surface area contributed by atoms with Crippen LogP contribution in [0.3, 0.4) is 0 Å². The topological polar surface area (TPSA) is 75.9 Å². The number of carbonyl (C=O) groups is 2. The third-order valence-corrected chi connectivity index (χ3v) is 3.84. The summed E-state index contributed by atoms with van der Waals surface area (Å²) in [4.78, 5) is 27.0. The molecule has 120 valence electrons. The summed E-state index contributed by atoms with van der Waals surface area (Å²) >= 11 is 0. The molecule has 0 aliphatic carbocycles. The van der Waals surface area contributed by atoms with Crippen LogP contribution in [-0.4, -0.2) is 68.1 Å². The van der Waals surface area contributed by atoms with Crippen LogP contribution in [0.15, 0.2) is 12.2 Å². The molecule has 0 aromatic heterocycles. The quantitative estimate of drug-likeness (QED) is 0.689. The average Bonchev–Trinajstić information content (AvgIpc) is 2.45. The van der Waals surface area contributed by atoms with E-state index >= 15 is 0 Å². The number of nitrogens with two attached hydrogens (primary N) is 1. The lowest BCUT2D eigenvalue weighted by Gasteiger charge is -2.41. The summed E-state index contributed by atoms with van der Waals surface area (Å²) in [7, 11) is 5.54. The van der Waals surface area contributed by atoms with Gasteiger partial charge in [-0.15, -0.1) is 0 Å². The van der Waals surface area contributed by atoms with Crippen LogP contribution < -0.4 is 5.73 Å². The molecule has 0 radical (unpaired) electrons. The number of likely N-dealkylation sites (N-methyl/N-ethyl adjacent to an activating group) is 1. The first-order chi connectivity index (χ1) is 9.88. The summed E-state index contributed by atoms with van der Waals surface area (Å²) in [5, 5.41) is 0. The van der Waals surface area contributed by atoms with E-state index in [2.05, 4.69) is 0 Å². The van der Waals surface area contributed by atoms with E-state index in [4.69, 9.17) is 10.5 Å². The first kappa shape index (κ1) is 17.7. The number of methoxy groups -OCH3 is 1. The van der Waals surface area contributed by atoms with E-state index < -0.39 is 5.60 Å². The van der Waals surface area contributed by atoms with Gasteiger partial charge in [0.15, 0.2) is 0 Å². The predicted molar refractivity (Wildman–Crippen MR) is 81.7 cm³/mol. The largest absolute Gasteiger partial charge is 0.376 e. The standard InChI is InChI=1S/C15H27N3O3/c1-17(2)10-4-6-14(20)18-11-5-8-15(12-18,21-3)9-7-13(16)19/h4,6H,5,7-12H2,1-3H3,(H2,16,19)/b6-4+/t15-/m1/s1. The highest BCUT2D eigenvalue weighted by atomic mass is 16.5. The minimum Gasteiger partial charge on any atom is -0.376 e. The third kappa shape index (κ3) is 5.85. The zero-order valence-electron chi connectivity index (χ0n) is 13.3. The summed E-state index contributed by atoms with van der Waals surface area (Å²) in [5.74, 6) is -0.335. The van der Waals surface area contributed by atoms with Crippen molar-refractivity contribution in [3.8, 4) is 0 Å². The van der Waals surface area contributed by atoms with Crippen molar-refractivity contribution in [2.75, 3.05) is 40.8 Å². The molecule has 0 spiro atoms. The summed E-state index contributed by atoms with van der Waals surface area (Å²) in [6, 6.07) is 0. The number of piperidine rings is 1. The molecule has 0 aromatic rings. The van der Waals surface area contributed by atoms with Crippen molar-refractivity contribution < 1.29 is 14.3 Å². The maximum absolute atomic E-state index is 12.2. The molecule has 2 N–H and O–H groups in total. The molecule has 21 heavy (non-hydrogen) atoms. The van der Waals surface area contributed by atoms with E-state index in [-0.39, 0.29) is 18.2 Å². The lowest BCUT2D eigenvalue weighted by Crippen LogP contribution is -2.51. The number of ether oxygens (including phenoxy) is 1. The van der Waals surface area contributed by atoms with Gasteiger partial charge in [-0.3, -0.25) is 9.59 Å². The van der Waals surface area contributed by atoms with Crippen LogP contribution in [-0.2, 0) is 14.3 Å². The second-order valence-electron chi connectivity index (χ2n) is 5.88. The molecule has 1 atom stereocenters. The summed E-state index contributed by atoms with van der Waals surface area (Å²) in [5.41, 5.74) is 4.77. The normalized spacial score (nSPS) is 23.0. The molecule has 1 aliphatic rings. The van der Waals surface area contributed by atoms with Gasteiger partial charge in [-0.2, -0.15) is 0 Å². The van der Waals surface area contributed by atoms with Gasteiger partial charge in [-0.1, -0.05) is 6.08 Å². The van der Waals surface area contributed by atoms with Gasteiger partial charge in [-0.25, -0.2) is 0 Å². The summed E-state index contributed by atoms with van der Waals surface area (Å²) in [6.07, 6.45) is 6.03. The van der Waals surface area contributed by atoms with Crippen molar-refractivity contribution in [3.63, 3.8) is 0 Å². The molecule has 2 amide bonds. The Morgan fingerprint density at radius 1 is 1.43 bits per heavy atom. The van der Waals surface area contributed by atoms with Crippen LogP contribution in [0.25, 0.3) is 0 Å². The number of amides is 2. The van der Waals surface area contributed by atoms with E-state index in [0.717, 1.165) is 25.9 Å². The van der Waals surface area contributed by atoms with Gasteiger partial charge in [0, 0.05) is 39.2 Å². The summed E-state index contributed by atoms with van der Waals surface area (Å²) < 4.78 is 5.62. The molecule has 1 fully saturated rings. The van der Waals surface area contributed by atoms with Gasteiger partial charge in [0.25, 0.3) is 0 Å². The molecule has 1 rings (SSSR count). The van der Waals surface area contributed by atoms with Gasteiger partial charge >= 0.3 is 0 Å². The van der Waals surface area contributed by atoms with Crippen LogP contribution in [0.4, 0.5) is 0 Å². The fraction of sp³-hybridized carbons (Fsp3) is 0.733. The Balaban J connectivity index is 2.62. The summed E-state index contributed by atoms with van der Waals surface area (Å²) in [6.45, 7) is 1.98. The van der Waals surface area contributed by atoms with Crippen LogP contribution in [0.5, 0.6) is 0 Å². The molecule has 0 saturated carbocycles. The molecule has 1 aliphatic heterocycles. The number of likely N-dealkylation sites (tertiary alicyclic amines) is 1. The predicted octanol–water partition coefficient (Wildman–Crippen LogP) is 0.377. The molecule has 1 saturated heterocycles. The van der Waals surface area contributed by atoms with Crippen molar-refractivity contribution in [2.45, 2.75) is 31.3 Å². The Bertz CT molecular complexity index is 396. The van der Waals surface area contributed by atoms with Crippen LogP contribution in [0, 0.1) is 0 Å². The van der Waals surface area contributed by atoms with E-state index in [1.54, 1.807) is 18.1 Å². The fourth-order valence-electron chi connectivity index (χ4n) is 2.58. The van der Waals surface area contributed by atoms with E-state index in [1.165, 1.54) is 0 Å². The zero-order chi connectivity index (χ0) is 15.9. The van der Waals surface area contributed by atoms with Crippen LogP contribution in [0.2, 0.25) is 0 Å². The highest BCUT2D eigenvalue weighted by molar-refractivity contribution is 5.87. The third-order valence-electron chi connectivity index (χ3n) is 3.84. The zero-order valence-corrected chi connectivity index (χ0v) is 13.3. The molecule has 0 aromatic carbocycles. The maximum Gasteiger partial charge on any atom is 0.246 e. The Morgan fingerprint density at radius 3 is 2.71 bits per heavy atom. The number of rotatable bonds is 7. The smallest absolute Gasteiger partial charge is 0.246 e. The molecule has 6 nitrogen and oxygen atoms in total. The maximum atomic E-state index is 12.2. The van der Waals surface area contributed by atoms with Crippen molar-refractivity contribution in [2.24, 2.45) is 5.73 Å². The first-order valence-corrected chi connectivity index (χ1v) is 7.32. The highest BCUT2D eigenvalue weighted by Gasteiger charge is 2.36. The Hall–Kier alpha value is -1.40. The number of hydrogen-bond donors (Lipinski definition) is 1. The van der Waals surface area contributed by atoms with Gasteiger partial charge in [0.05, 0.1) is 5.60 Å². The first-order valence-electron chi connectivity index (χ1n) is 7.32. The second kappa shape index (κ2) is 8.14. The second-order valence-corrected chi connectivity index (χ2v) is 5.88. The molecule has 1 heterocycles. The molecule has 0 bridgehead atoms. The Kier molecular flexibility index (Phi) is 6.84. The van der Waals surface area contributed by atoms with Gasteiger partial charge in [-0.05, 0) is 33.4 Å². The molecular formula is C15H27N3O3. The van der Waals surface area contributed by atoms with Crippen molar-refractivity contribution in [3.05, 3.63) is 12.2 Å². The van der Waals surface area contributed by atoms with Crippen LogP contribution in [0.1, 0.15) is 25.7 Å². The van der Waals surface area contributed by atoms with Gasteiger partial charge in [0.1, 0.15) is 0 Å². The number of carbonyl (C=O) groups excluding carboxylic acids is 2. The lowest BCUT2D eigenvalue weighted by molar-refractivity contribution is -0.136. The van der Waals surface area contributed by atoms with Crippen molar-refractivity contribution in [1.82, 2.24) is 9.80 Å². The monoisotopic (exact) mass is 297 g/mol. The average molecular weight is 297 g/mol. The SMILES string of the molecule is CO[C@@]1(CCC(N)=O)CCCN(C(=O)/C=C/CN(C)C)C1. The molecule has 0 unspecified atom stereocenters. The lowest BCUT2D eigenvalue weighted by atomic mass is 9.87. The van der Waals surface area contributed by atoms with Gasteiger partial charge in [0.2, 0.25) is 11.8 Å². The van der Waals surface area contributed by atoms with Crippen molar-refractivity contribution >= 4 is 11.8 Å². The van der Waals surface area contributed by atoms with Crippen molar-refractivity contribution in [1.29, 1.82) is 0 Å². The number of nitrogens with zero attached hydrogens (tertiary/aromatic N) is 2. The molecular weight excluding hydrogens is 270 g/mol. The Labute approximate surface area is 126 Å².